The van der Waals surface area contributed by atoms with Gasteiger partial charge in [0.15, 0.2) is 0 Å². The third-order valence-corrected chi connectivity index (χ3v) is 3.05. The largest absolute Gasteiger partial charge is 0.481 e. The van der Waals surface area contributed by atoms with E-state index in [0.717, 1.165) is 19.3 Å². The zero-order valence-electron chi connectivity index (χ0n) is 8.12. The Morgan fingerprint density at radius 2 is 2.31 bits per heavy atom. The van der Waals surface area contributed by atoms with Gasteiger partial charge in [-0.05, 0) is 25.7 Å². The lowest BCUT2D eigenvalue weighted by atomic mass is 9.81. The van der Waals surface area contributed by atoms with Gasteiger partial charge in [-0.1, -0.05) is 19.8 Å². The summed E-state index contributed by atoms with van der Waals surface area (Å²) in [6.07, 6.45) is 4.02. The second kappa shape index (κ2) is 4.09. The number of carbonyl (C=O) groups is 1. The number of hydrogen-bond acceptors (Lipinski definition) is 2. The molecule has 76 valence electrons. The van der Waals surface area contributed by atoms with E-state index in [1.165, 1.54) is 0 Å². The number of rotatable bonds is 4. The Balaban J connectivity index is 2.60. The molecular formula is C10H18O3. The van der Waals surface area contributed by atoms with E-state index in [1.807, 2.05) is 0 Å². The number of unbranched alkanes of at least 4 members (excludes halogenated alkanes) is 1. The van der Waals surface area contributed by atoms with E-state index in [1.54, 1.807) is 0 Å². The number of carboxylic acids is 1. The van der Waals surface area contributed by atoms with Crippen molar-refractivity contribution in [3.05, 3.63) is 0 Å². The first-order valence-electron chi connectivity index (χ1n) is 5.02. The predicted octanol–water partition coefficient (Wildman–Crippen LogP) is 1.79. The molecule has 0 bridgehead atoms. The zero-order chi connectivity index (χ0) is 9.90. The van der Waals surface area contributed by atoms with Crippen LogP contribution in [0.5, 0.6) is 0 Å². The quantitative estimate of drug-likeness (QED) is 0.703. The summed E-state index contributed by atoms with van der Waals surface area (Å²) in [7, 11) is 0. The van der Waals surface area contributed by atoms with Crippen LogP contribution in [0.1, 0.15) is 45.4 Å². The molecule has 1 aliphatic rings. The predicted molar refractivity (Wildman–Crippen MR) is 49.5 cm³/mol. The van der Waals surface area contributed by atoms with E-state index in [4.69, 9.17) is 5.11 Å². The number of aliphatic carboxylic acids is 1. The molecule has 0 aliphatic heterocycles. The molecule has 0 spiro atoms. The Morgan fingerprint density at radius 1 is 1.62 bits per heavy atom. The standard InChI is InChI=1S/C10H18O3/c1-2-3-5-10(9(12)13)6-4-8(11)7-10/h8,11H,2-7H2,1H3,(H,12,13). The highest BCUT2D eigenvalue weighted by molar-refractivity contribution is 5.75. The molecular weight excluding hydrogens is 168 g/mol. The van der Waals surface area contributed by atoms with Gasteiger partial charge in [-0.3, -0.25) is 4.79 Å². The highest BCUT2D eigenvalue weighted by Crippen LogP contribution is 2.42. The number of hydrogen-bond donors (Lipinski definition) is 2. The summed E-state index contributed by atoms with van der Waals surface area (Å²) < 4.78 is 0. The topological polar surface area (TPSA) is 57.5 Å². The molecule has 1 fully saturated rings. The monoisotopic (exact) mass is 186 g/mol. The van der Waals surface area contributed by atoms with Crippen LogP contribution < -0.4 is 0 Å². The van der Waals surface area contributed by atoms with Crippen molar-refractivity contribution in [2.75, 3.05) is 0 Å². The van der Waals surface area contributed by atoms with Crippen molar-refractivity contribution in [1.82, 2.24) is 0 Å². The Bertz CT molecular complexity index is 191. The molecule has 3 heteroatoms. The summed E-state index contributed by atoms with van der Waals surface area (Å²) in [5.74, 6) is -0.725. The molecule has 0 saturated heterocycles. The first-order valence-corrected chi connectivity index (χ1v) is 5.02. The Hall–Kier alpha value is -0.570. The molecule has 2 atom stereocenters. The van der Waals surface area contributed by atoms with Crippen LogP contribution in [0.2, 0.25) is 0 Å². The Morgan fingerprint density at radius 3 is 2.69 bits per heavy atom. The second-order valence-electron chi connectivity index (χ2n) is 4.09. The highest BCUT2D eigenvalue weighted by atomic mass is 16.4. The SMILES string of the molecule is CCCCC1(C(=O)O)CCC(O)C1. The van der Waals surface area contributed by atoms with Gasteiger partial charge >= 0.3 is 5.97 Å². The van der Waals surface area contributed by atoms with Crippen molar-refractivity contribution in [3.8, 4) is 0 Å². The second-order valence-corrected chi connectivity index (χ2v) is 4.09. The lowest BCUT2D eigenvalue weighted by Crippen LogP contribution is -2.28. The van der Waals surface area contributed by atoms with Crippen molar-refractivity contribution in [3.63, 3.8) is 0 Å². The van der Waals surface area contributed by atoms with Crippen LogP contribution in [0, 0.1) is 5.41 Å². The molecule has 2 N–H and O–H groups in total. The maximum absolute atomic E-state index is 11.1. The van der Waals surface area contributed by atoms with E-state index in [9.17, 15) is 9.90 Å². The van der Waals surface area contributed by atoms with Crippen molar-refractivity contribution < 1.29 is 15.0 Å². The Labute approximate surface area is 78.8 Å². The molecule has 1 saturated carbocycles. The molecule has 1 aliphatic carbocycles. The van der Waals surface area contributed by atoms with Crippen LogP contribution in [0.4, 0.5) is 0 Å². The van der Waals surface area contributed by atoms with Gasteiger partial charge in [0.05, 0.1) is 11.5 Å². The molecule has 0 aromatic rings. The Kier molecular flexibility index (Phi) is 3.31. The molecule has 1 rings (SSSR count). The number of carboxylic acid groups (broad SMARTS) is 1. The lowest BCUT2D eigenvalue weighted by molar-refractivity contribution is -0.149. The fourth-order valence-electron chi connectivity index (χ4n) is 2.14. The van der Waals surface area contributed by atoms with Gasteiger partial charge in [0, 0.05) is 0 Å². The van der Waals surface area contributed by atoms with Crippen LogP contribution in [0.15, 0.2) is 0 Å². The first kappa shape index (κ1) is 10.5. The molecule has 0 radical (unpaired) electrons. The number of aliphatic hydroxyl groups is 1. The van der Waals surface area contributed by atoms with E-state index < -0.39 is 17.5 Å². The minimum atomic E-state index is -0.725. The molecule has 3 nitrogen and oxygen atoms in total. The summed E-state index contributed by atoms with van der Waals surface area (Å²) in [5.41, 5.74) is -0.616. The molecule has 0 aromatic carbocycles. The average molecular weight is 186 g/mol. The third kappa shape index (κ3) is 2.21. The fourth-order valence-corrected chi connectivity index (χ4v) is 2.14. The minimum Gasteiger partial charge on any atom is -0.481 e. The molecule has 13 heavy (non-hydrogen) atoms. The van der Waals surface area contributed by atoms with Gasteiger partial charge in [-0.25, -0.2) is 0 Å². The van der Waals surface area contributed by atoms with Crippen LogP contribution in [0.25, 0.3) is 0 Å². The summed E-state index contributed by atoms with van der Waals surface area (Å²) in [6, 6.07) is 0. The summed E-state index contributed by atoms with van der Waals surface area (Å²) in [5, 5.41) is 18.4. The van der Waals surface area contributed by atoms with Crippen LogP contribution in [-0.4, -0.2) is 22.3 Å². The molecule has 0 heterocycles. The van der Waals surface area contributed by atoms with Gasteiger partial charge < -0.3 is 10.2 Å². The normalized spacial score (nSPS) is 33.5. The lowest BCUT2D eigenvalue weighted by Gasteiger charge is -2.23. The van der Waals surface area contributed by atoms with Gasteiger partial charge in [-0.2, -0.15) is 0 Å². The number of aliphatic hydroxyl groups excluding tert-OH is 1. The van der Waals surface area contributed by atoms with E-state index >= 15 is 0 Å². The van der Waals surface area contributed by atoms with Crippen molar-refractivity contribution in [1.29, 1.82) is 0 Å². The summed E-state index contributed by atoms with van der Waals surface area (Å²) >= 11 is 0. The zero-order valence-corrected chi connectivity index (χ0v) is 8.12. The van der Waals surface area contributed by atoms with E-state index in [-0.39, 0.29) is 0 Å². The van der Waals surface area contributed by atoms with Gasteiger partial charge in [0.2, 0.25) is 0 Å². The fraction of sp³-hybridized carbons (Fsp3) is 0.900. The third-order valence-electron chi connectivity index (χ3n) is 3.05. The smallest absolute Gasteiger partial charge is 0.309 e. The first-order chi connectivity index (χ1) is 6.10. The van der Waals surface area contributed by atoms with Gasteiger partial charge in [0.1, 0.15) is 0 Å². The van der Waals surface area contributed by atoms with Crippen LogP contribution in [-0.2, 0) is 4.79 Å². The molecule has 2 unspecified atom stereocenters. The van der Waals surface area contributed by atoms with Crippen molar-refractivity contribution in [2.45, 2.75) is 51.6 Å². The summed E-state index contributed by atoms with van der Waals surface area (Å²) in [6.45, 7) is 2.06. The molecule has 0 aromatic heterocycles. The van der Waals surface area contributed by atoms with Crippen LogP contribution >= 0.6 is 0 Å². The van der Waals surface area contributed by atoms with Crippen LogP contribution in [0.3, 0.4) is 0 Å². The highest BCUT2D eigenvalue weighted by Gasteiger charge is 2.44. The van der Waals surface area contributed by atoms with Crippen molar-refractivity contribution in [2.24, 2.45) is 5.41 Å². The maximum atomic E-state index is 11.1. The minimum absolute atomic E-state index is 0.395. The molecule has 0 amide bonds. The van der Waals surface area contributed by atoms with E-state index in [0.29, 0.717) is 19.3 Å². The van der Waals surface area contributed by atoms with Crippen molar-refractivity contribution >= 4 is 5.97 Å². The average Bonchev–Trinajstić information content (AvgIpc) is 2.45. The van der Waals surface area contributed by atoms with Gasteiger partial charge in [0.25, 0.3) is 0 Å². The van der Waals surface area contributed by atoms with E-state index in [2.05, 4.69) is 6.92 Å². The summed E-state index contributed by atoms with van der Waals surface area (Å²) in [4.78, 5) is 11.1. The van der Waals surface area contributed by atoms with Gasteiger partial charge in [-0.15, -0.1) is 0 Å². The maximum Gasteiger partial charge on any atom is 0.309 e.